The SMILES string of the molecule is COC(=O)c1ccc(N2C(=O)C[C@@H](Sc3ccc(NC(=O)/C=C/C(=O)O)cc3)C2=O)cc1. The number of hydrogen-bond donors (Lipinski definition) is 2. The van der Waals surface area contributed by atoms with E-state index in [9.17, 15) is 24.0 Å². The van der Waals surface area contributed by atoms with Gasteiger partial charge in [-0.2, -0.15) is 0 Å². The number of aliphatic carboxylic acids is 1. The van der Waals surface area contributed by atoms with Crippen LogP contribution in [0.4, 0.5) is 11.4 Å². The molecule has 2 N–H and O–H groups in total. The summed E-state index contributed by atoms with van der Waals surface area (Å²) in [7, 11) is 1.27. The van der Waals surface area contributed by atoms with Gasteiger partial charge in [-0.3, -0.25) is 14.4 Å². The third-order valence-electron chi connectivity index (χ3n) is 4.43. The van der Waals surface area contributed by atoms with Gasteiger partial charge in [-0.25, -0.2) is 14.5 Å². The molecule has 0 aromatic heterocycles. The smallest absolute Gasteiger partial charge is 0.337 e. The third kappa shape index (κ3) is 5.41. The molecular weight excluding hydrogens is 436 g/mol. The molecule has 10 heteroatoms. The first kappa shape index (κ1) is 22.8. The zero-order valence-electron chi connectivity index (χ0n) is 16.8. The standard InChI is InChI=1S/C22H18N2O7S/c1-31-22(30)13-2-6-15(7-3-13)24-19(26)12-17(21(24)29)32-16-8-4-14(5-9-16)23-18(25)10-11-20(27)28/h2-11,17H,12H2,1H3,(H,23,25)(H,27,28)/b11-10+/t17-/m1/s1. The molecule has 3 rings (SSSR count). The monoisotopic (exact) mass is 454 g/mol. The first-order valence-electron chi connectivity index (χ1n) is 9.32. The highest BCUT2D eigenvalue weighted by Gasteiger charge is 2.40. The molecule has 3 amide bonds. The van der Waals surface area contributed by atoms with Crippen LogP contribution in [0.1, 0.15) is 16.8 Å². The van der Waals surface area contributed by atoms with E-state index in [1.54, 1.807) is 24.3 Å². The zero-order valence-corrected chi connectivity index (χ0v) is 17.6. The number of benzene rings is 2. The Morgan fingerprint density at radius 3 is 2.31 bits per heavy atom. The number of carbonyl (C=O) groups excluding carboxylic acids is 4. The van der Waals surface area contributed by atoms with Gasteiger partial charge in [-0.05, 0) is 48.5 Å². The van der Waals surface area contributed by atoms with Crippen LogP contribution >= 0.6 is 11.8 Å². The number of ether oxygens (including phenoxy) is 1. The predicted octanol–water partition coefficient (Wildman–Crippen LogP) is 2.48. The minimum atomic E-state index is -1.23. The van der Waals surface area contributed by atoms with Gasteiger partial charge in [0.25, 0.3) is 0 Å². The second-order valence-electron chi connectivity index (χ2n) is 6.60. The lowest BCUT2D eigenvalue weighted by Gasteiger charge is -2.15. The van der Waals surface area contributed by atoms with Crippen molar-refractivity contribution in [1.82, 2.24) is 0 Å². The third-order valence-corrected chi connectivity index (χ3v) is 5.63. The van der Waals surface area contributed by atoms with E-state index in [1.165, 1.54) is 43.1 Å². The number of methoxy groups -OCH3 is 1. The van der Waals surface area contributed by atoms with Gasteiger partial charge < -0.3 is 15.2 Å². The van der Waals surface area contributed by atoms with Crippen LogP contribution in [0, 0.1) is 0 Å². The molecule has 0 unspecified atom stereocenters. The van der Waals surface area contributed by atoms with Crippen LogP contribution in [0.2, 0.25) is 0 Å². The van der Waals surface area contributed by atoms with Crippen LogP contribution in [0.25, 0.3) is 0 Å². The molecule has 2 aromatic carbocycles. The topological polar surface area (TPSA) is 130 Å². The molecule has 32 heavy (non-hydrogen) atoms. The molecule has 1 saturated heterocycles. The highest BCUT2D eigenvalue weighted by atomic mass is 32.2. The lowest BCUT2D eigenvalue weighted by Crippen LogP contribution is -2.31. The van der Waals surface area contributed by atoms with Gasteiger partial charge in [-0.1, -0.05) is 0 Å². The van der Waals surface area contributed by atoms with E-state index in [0.29, 0.717) is 16.9 Å². The number of carboxylic acids is 1. The van der Waals surface area contributed by atoms with E-state index in [0.717, 1.165) is 21.9 Å². The maximum atomic E-state index is 12.8. The molecule has 1 fully saturated rings. The quantitative estimate of drug-likeness (QED) is 0.371. The lowest BCUT2D eigenvalue weighted by molar-refractivity contribution is -0.131. The predicted molar refractivity (Wildman–Crippen MR) is 116 cm³/mol. The molecule has 164 valence electrons. The molecule has 1 atom stereocenters. The van der Waals surface area contributed by atoms with Crippen molar-refractivity contribution in [2.75, 3.05) is 17.3 Å². The maximum Gasteiger partial charge on any atom is 0.337 e. The first-order chi connectivity index (χ1) is 15.3. The van der Waals surface area contributed by atoms with Crippen LogP contribution in [-0.4, -0.2) is 47.1 Å². The van der Waals surface area contributed by atoms with Crippen molar-refractivity contribution in [3.05, 3.63) is 66.2 Å². The average molecular weight is 454 g/mol. The van der Waals surface area contributed by atoms with Crippen molar-refractivity contribution in [2.24, 2.45) is 0 Å². The maximum absolute atomic E-state index is 12.8. The van der Waals surface area contributed by atoms with Crippen molar-refractivity contribution in [3.8, 4) is 0 Å². The Bertz CT molecular complexity index is 1090. The Balaban J connectivity index is 1.64. The Labute approximate surface area is 187 Å². The molecule has 0 radical (unpaired) electrons. The number of imide groups is 1. The summed E-state index contributed by atoms with van der Waals surface area (Å²) in [4.78, 5) is 60.7. The molecule has 0 aliphatic carbocycles. The average Bonchev–Trinajstić information content (AvgIpc) is 3.06. The second-order valence-corrected chi connectivity index (χ2v) is 7.88. The largest absolute Gasteiger partial charge is 0.478 e. The fraction of sp³-hybridized carbons (Fsp3) is 0.136. The van der Waals surface area contributed by atoms with Crippen LogP contribution in [0.5, 0.6) is 0 Å². The van der Waals surface area contributed by atoms with Gasteiger partial charge in [0.05, 0.1) is 23.6 Å². The number of rotatable bonds is 7. The number of carboxylic acid groups (broad SMARTS) is 1. The molecule has 1 aliphatic heterocycles. The Morgan fingerprint density at radius 2 is 1.72 bits per heavy atom. The number of carbonyl (C=O) groups is 5. The second kappa shape index (κ2) is 9.92. The number of nitrogens with one attached hydrogen (secondary N) is 1. The Morgan fingerprint density at radius 1 is 1.06 bits per heavy atom. The summed E-state index contributed by atoms with van der Waals surface area (Å²) < 4.78 is 4.64. The highest BCUT2D eigenvalue weighted by molar-refractivity contribution is 8.00. The van der Waals surface area contributed by atoms with Crippen molar-refractivity contribution in [3.63, 3.8) is 0 Å². The molecule has 2 aromatic rings. The summed E-state index contributed by atoms with van der Waals surface area (Å²) in [6, 6.07) is 12.6. The van der Waals surface area contributed by atoms with Crippen molar-refractivity contribution in [1.29, 1.82) is 0 Å². The van der Waals surface area contributed by atoms with Gasteiger partial charge in [0.1, 0.15) is 0 Å². The molecular formula is C22H18N2O7S. The van der Waals surface area contributed by atoms with Crippen molar-refractivity contribution in [2.45, 2.75) is 16.6 Å². The van der Waals surface area contributed by atoms with Crippen molar-refractivity contribution < 1.29 is 33.8 Å². The van der Waals surface area contributed by atoms with Crippen LogP contribution in [-0.2, 0) is 23.9 Å². The summed E-state index contributed by atoms with van der Waals surface area (Å²) >= 11 is 1.22. The van der Waals surface area contributed by atoms with Gasteiger partial charge in [0.15, 0.2) is 0 Å². The molecule has 1 heterocycles. The van der Waals surface area contributed by atoms with Gasteiger partial charge >= 0.3 is 11.9 Å². The number of anilines is 2. The van der Waals surface area contributed by atoms with Crippen molar-refractivity contribution >= 4 is 52.8 Å². The van der Waals surface area contributed by atoms with E-state index in [-0.39, 0.29) is 18.2 Å². The molecule has 0 saturated carbocycles. The lowest BCUT2D eigenvalue weighted by atomic mass is 10.2. The fourth-order valence-electron chi connectivity index (χ4n) is 2.94. The van der Waals surface area contributed by atoms with Crippen LogP contribution < -0.4 is 10.2 Å². The van der Waals surface area contributed by atoms with E-state index in [1.807, 2.05) is 0 Å². The minimum absolute atomic E-state index is 0.0285. The summed E-state index contributed by atoms with van der Waals surface area (Å²) in [5.41, 5.74) is 1.14. The number of hydrogen-bond acceptors (Lipinski definition) is 7. The fourth-order valence-corrected chi connectivity index (χ4v) is 4.00. The van der Waals surface area contributed by atoms with Gasteiger partial charge in [0, 0.05) is 29.2 Å². The summed E-state index contributed by atoms with van der Waals surface area (Å²) in [6.45, 7) is 0. The highest BCUT2D eigenvalue weighted by Crippen LogP contribution is 2.34. The summed E-state index contributed by atoms with van der Waals surface area (Å²) in [6.07, 6.45) is 1.66. The minimum Gasteiger partial charge on any atom is -0.478 e. The van der Waals surface area contributed by atoms with Gasteiger partial charge in [-0.15, -0.1) is 11.8 Å². The van der Waals surface area contributed by atoms with Crippen LogP contribution in [0.15, 0.2) is 65.6 Å². The molecule has 0 spiro atoms. The molecule has 1 aliphatic rings. The Hall–Kier alpha value is -3.92. The summed E-state index contributed by atoms with van der Waals surface area (Å²) in [5, 5.41) is 10.4. The zero-order chi connectivity index (χ0) is 23.3. The summed E-state index contributed by atoms with van der Waals surface area (Å²) in [5.74, 6) is -3.02. The number of thioether (sulfide) groups is 1. The van der Waals surface area contributed by atoms with Crippen LogP contribution in [0.3, 0.4) is 0 Å². The number of nitrogens with zero attached hydrogens (tertiary/aromatic N) is 1. The number of esters is 1. The molecule has 9 nitrogen and oxygen atoms in total. The Kier molecular flexibility index (Phi) is 7.06. The molecule has 0 bridgehead atoms. The normalized spacial score (nSPS) is 15.8. The van der Waals surface area contributed by atoms with E-state index in [2.05, 4.69) is 10.1 Å². The van der Waals surface area contributed by atoms with E-state index >= 15 is 0 Å². The first-order valence-corrected chi connectivity index (χ1v) is 10.2. The van der Waals surface area contributed by atoms with E-state index in [4.69, 9.17) is 5.11 Å². The number of amides is 3. The van der Waals surface area contributed by atoms with Gasteiger partial charge in [0.2, 0.25) is 17.7 Å². The van der Waals surface area contributed by atoms with E-state index < -0.39 is 23.1 Å².